The van der Waals surface area contributed by atoms with Crippen molar-refractivity contribution in [3.05, 3.63) is 59.8 Å². The Morgan fingerprint density at radius 1 is 0.917 bits per heavy atom. The van der Waals surface area contributed by atoms with Gasteiger partial charge in [0.05, 0.1) is 0 Å². The highest BCUT2D eigenvalue weighted by Gasteiger charge is 2.14. The summed E-state index contributed by atoms with van der Waals surface area (Å²) in [6.45, 7) is 6.53. The highest BCUT2D eigenvalue weighted by Crippen LogP contribution is 2.27. The lowest BCUT2D eigenvalue weighted by Gasteiger charge is -2.08. The van der Waals surface area contributed by atoms with E-state index in [-0.39, 0.29) is 5.92 Å². The first-order valence-electron chi connectivity index (χ1n) is 8.32. The monoisotopic (exact) mass is 320 g/mol. The minimum absolute atomic E-state index is 0.289. The van der Waals surface area contributed by atoms with Crippen molar-refractivity contribution < 1.29 is 8.83 Å². The van der Waals surface area contributed by atoms with E-state index in [2.05, 4.69) is 48.9 Å². The second-order valence-corrected chi connectivity index (χ2v) is 6.67. The Morgan fingerprint density at radius 3 is 2.50 bits per heavy atom. The number of hydrogen-bond acceptors (Lipinski definition) is 4. The molecule has 4 aromatic rings. The van der Waals surface area contributed by atoms with Crippen LogP contribution in [0.15, 0.2) is 51.6 Å². The molecule has 0 radical (unpaired) electrons. The summed E-state index contributed by atoms with van der Waals surface area (Å²) in [7, 11) is 0. The van der Waals surface area contributed by atoms with Crippen LogP contribution in [0.4, 0.5) is 0 Å². The minimum Gasteiger partial charge on any atom is -0.443 e. The highest BCUT2D eigenvalue weighted by atomic mass is 16.3. The van der Waals surface area contributed by atoms with E-state index < -0.39 is 0 Å². The number of oxazole rings is 2. The van der Waals surface area contributed by atoms with Gasteiger partial charge in [0.15, 0.2) is 23.5 Å². The molecule has 0 N–H and O–H groups in total. The minimum atomic E-state index is 0.289. The van der Waals surface area contributed by atoms with Gasteiger partial charge in [0.1, 0.15) is 11.0 Å². The Morgan fingerprint density at radius 2 is 1.67 bits per heavy atom. The fourth-order valence-electron chi connectivity index (χ4n) is 2.99. The lowest BCUT2D eigenvalue weighted by Crippen LogP contribution is -1.98. The molecule has 0 aliphatic rings. The smallest absolute Gasteiger partial charge is 0.196 e. The third-order valence-electron chi connectivity index (χ3n) is 4.53. The summed E-state index contributed by atoms with van der Waals surface area (Å²) in [5, 5.41) is 0. The fourth-order valence-corrected chi connectivity index (χ4v) is 2.99. The van der Waals surface area contributed by atoms with Gasteiger partial charge in [0.2, 0.25) is 0 Å². The van der Waals surface area contributed by atoms with Crippen molar-refractivity contribution in [2.45, 2.75) is 39.0 Å². The first kappa shape index (κ1) is 14.9. The van der Waals surface area contributed by atoms with Crippen LogP contribution >= 0.6 is 0 Å². The van der Waals surface area contributed by atoms with Crippen LogP contribution in [0, 0.1) is 0 Å². The molecule has 0 bridgehead atoms. The van der Waals surface area contributed by atoms with Gasteiger partial charge in [0, 0.05) is 6.42 Å². The largest absolute Gasteiger partial charge is 0.443 e. The maximum absolute atomic E-state index is 5.98. The summed E-state index contributed by atoms with van der Waals surface area (Å²) in [5.74, 6) is 1.55. The number of nitrogens with zero attached hydrogens (tertiary/aromatic N) is 2. The molecule has 0 aliphatic carbocycles. The highest BCUT2D eigenvalue weighted by molar-refractivity contribution is 5.74. The molecule has 122 valence electrons. The van der Waals surface area contributed by atoms with Crippen molar-refractivity contribution in [1.82, 2.24) is 9.97 Å². The van der Waals surface area contributed by atoms with E-state index in [0.29, 0.717) is 5.92 Å². The van der Waals surface area contributed by atoms with Gasteiger partial charge in [-0.2, -0.15) is 0 Å². The summed E-state index contributed by atoms with van der Waals surface area (Å²) >= 11 is 0. The molecule has 0 spiro atoms. The first-order valence-corrected chi connectivity index (χ1v) is 8.32. The molecule has 0 amide bonds. The van der Waals surface area contributed by atoms with E-state index in [1.807, 2.05) is 18.2 Å². The molecule has 4 rings (SSSR count). The Balaban J connectivity index is 1.60. The summed E-state index contributed by atoms with van der Waals surface area (Å²) in [6, 6.07) is 12.4. The predicted octanol–water partition coefficient (Wildman–Crippen LogP) is 5.44. The van der Waals surface area contributed by atoms with Gasteiger partial charge in [-0.05, 0) is 47.2 Å². The molecular formula is C20H20N2O2. The third-order valence-corrected chi connectivity index (χ3v) is 4.53. The topological polar surface area (TPSA) is 52.1 Å². The third kappa shape index (κ3) is 2.68. The molecule has 2 aromatic carbocycles. The zero-order valence-electron chi connectivity index (χ0n) is 14.1. The Bertz CT molecular complexity index is 997. The zero-order chi connectivity index (χ0) is 16.7. The van der Waals surface area contributed by atoms with Gasteiger partial charge >= 0.3 is 0 Å². The Kier molecular flexibility index (Phi) is 3.60. The molecule has 4 nitrogen and oxygen atoms in total. The SMILES string of the molecule is CC(C)c1ccc2nc(CC(C)c3ccc4ncoc4c3)oc2c1. The predicted molar refractivity (Wildman–Crippen MR) is 94.2 cm³/mol. The van der Waals surface area contributed by atoms with Crippen LogP contribution in [0.2, 0.25) is 0 Å². The second-order valence-electron chi connectivity index (χ2n) is 6.67. The number of fused-ring (bicyclic) bond motifs is 2. The van der Waals surface area contributed by atoms with Crippen molar-refractivity contribution >= 4 is 22.2 Å². The van der Waals surface area contributed by atoms with E-state index in [9.17, 15) is 0 Å². The van der Waals surface area contributed by atoms with Gasteiger partial charge in [0.25, 0.3) is 0 Å². The molecular weight excluding hydrogens is 300 g/mol. The van der Waals surface area contributed by atoms with Crippen molar-refractivity contribution in [3.63, 3.8) is 0 Å². The normalized spacial score (nSPS) is 13.2. The summed E-state index contributed by atoms with van der Waals surface area (Å²) in [4.78, 5) is 8.79. The van der Waals surface area contributed by atoms with Crippen LogP contribution < -0.4 is 0 Å². The summed E-state index contributed by atoms with van der Waals surface area (Å²) < 4.78 is 11.4. The molecule has 2 aromatic heterocycles. The molecule has 0 aliphatic heterocycles. The number of rotatable bonds is 4. The van der Waals surface area contributed by atoms with Gasteiger partial charge < -0.3 is 8.83 Å². The molecule has 0 saturated heterocycles. The van der Waals surface area contributed by atoms with Crippen molar-refractivity contribution in [1.29, 1.82) is 0 Å². The maximum Gasteiger partial charge on any atom is 0.196 e. The fraction of sp³-hybridized carbons (Fsp3) is 0.300. The van der Waals surface area contributed by atoms with E-state index in [1.165, 1.54) is 17.5 Å². The average Bonchev–Trinajstić information content (AvgIpc) is 3.18. The Hall–Kier alpha value is -2.62. The van der Waals surface area contributed by atoms with E-state index in [0.717, 1.165) is 34.5 Å². The van der Waals surface area contributed by atoms with E-state index in [4.69, 9.17) is 8.83 Å². The first-order chi connectivity index (χ1) is 11.6. The standard InChI is InChI=1S/C20H20N2O2/c1-12(2)14-4-7-17-19(9-14)24-20(22-17)8-13(3)15-5-6-16-18(10-15)23-11-21-16/h4-7,9-13H,8H2,1-3H3. The summed E-state index contributed by atoms with van der Waals surface area (Å²) in [5.41, 5.74) is 5.97. The molecule has 4 heteroatoms. The van der Waals surface area contributed by atoms with Crippen LogP contribution in [0.3, 0.4) is 0 Å². The van der Waals surface area contributed by atoms with Gasteiger partial charge in [-0.3, -0.25) is 0 Å². The van der Waals surface area contributed by atoms with Crippen LogP contribution in [-0.2, 0) is 6.42 Å². The average molecular weight is 320 g/mol. The zero-order valence-corrected chi connectivity index (χ0v) is 14.1. The van der Waals surface area contributed by atoms with Crippen LogP contribution in [0.25, 0.3) is 22.2 Å². The quantitative estimate of drug-likeness (QED) is 0.502. The molecule has 24 heavy (non-hydrogen) atoms. The number of benzene rings is 2. The molecule has 0 fully saturated rings. The Labute approximate surface area is 140 Å². The lowest BCUT2D eigenvalue weighted by atomic mass is 9.97. The lowest BCUT2D eigenvalue weighted by molar-refractivity contribution is 0.507. The van der Waals surface area contributed by atoms with E-state index >= 15 is 0 Å². The van der Waals surface area contributed by atoms with Crippen molar-refractivity contribution in [2.24, 2.45) is 0 Å². The molecule has 1 atom stereocenters. The molecule has 0 saturated carbocycles. The second kappa shape index (κ2) is 5.78. The summed E-state index contributed by atoms with van der Waals surface area (Å²) in [6.07, 6.45) is 2.23. The van der Waals surface area contributed by atoms with Gasteiger partial charge in [-0.25, -0.2) is 9.97 Å². The number of aromatic nitrogens is 2. The van der Waals surface area contributed by atoms with Gasteiger partial charge in [-0.15, -0.1) is 0 Å². The van der Waals surface area contributed by atoms with Gasteiger partial charge in [-0.1, -0.05) is 32.9 Å². The van der Waals surface area contributed by atoms with Crippen LogP contribution in [0.1, 0.15) is 49.6 Å². The van der Waals surface area contributed by atoms with Crippen molar-refractivity contribution in [2.75, 3.05) is 0 Å². The molecule has 2 heterocycles. The maximum atomic E-state index is 5.98. The van der Waals surface area contributed by atoms with Crippen molar-refractivity contribution in [3.8, 4) is 0 Å². The van der Waals surface area contributed by atoms with Crippen LogP contribution in [-0.4, -0.2) is 9.97 Å². The number of hydrogen-bond donors (Lipinski definition) is 0. The van der Waals surface area contributed by atoms with Crippen LogP contribution in [0.5, 0.6) is 0 Å². The molecule has 1 unspecified atom stereocenters. The van der Waals surface area contributed by atoms with E-state index in [1.54, 1.807) is 0 Å².